The van der Waals surface area contributed by atoms with E-state index in [1.165, 1.54) is 13.1 Å². The molecule has 31 heavy (non-hydrogen) atoms. The number of rotatable bonds is 9. The second-order valence-corrected chi connectivity index (χ2v) is 7.52. The van der Waals surface area contributed by atoms with Gasteiger partial charge in [0.25, 0.3) is 0 Å². The summed E-state index contributed by atoms with van der Waals surface area (Å²) < 4.78 is 4.91. The topological polar surface area (TPSA) is 134 Å². The van der Waals surface area contributed by atoms with Crippen molar-refractivity contribution in [2.24, 2.45) is 0 Å². The zero-order valence-corrected chi connectivity index (χ0v) is 17.7. The molecule has 0 bridgehead atoms. The first-order valence-electron chi connectivity index (χ1n) is 10.6. The van der Waals surface area contributed by atoms with Crippen LogP contribution in [0.3, 0.4) is 0 Å². The van der Waals surface area contributed by atoms with Crippen molar-refractivity contribution in [3.05, 3.63) is 36.2 Å². The number of urea groups is 1. The summed E-state index contributed by atoms with van der Waals surface area (Å²) in [4.78, 5) is 31.9. The van der Waals surface area contributed by atoms with Crippen LogP contribution in [0.25, 0.3) is 16.6 Å². The molecule has 0 atom stereocenters. The molecule has 0 radical (unpaired) electrons. The van der Waals surface area contributed by atoms with Crippen molar-refractivity contribution in [1.82, 2.24) is 15.3 Å². The van der Waals surface area contributed by atoms with Gasteiger partial charge in [-0.05, 0) is 31.0 Å². The molecular weight excluding hydrogens is 396 g/mol. The number of carbonyl (C=O) groups excluding carboxylic acids is 2. The number of nitrogens with two attached hydrogens (primary N) is 1. The molecule has 1 aliphatic rings. The quantitative estimate of drug-likeness (QED) is 0.278. The fraction of sp³-hybridized carbons (Fsp3) is 0.409. The van der Waals surface area contributed by atoms with E-state index in [1.54, 1.807) is 12.3 Å². The smallest absolute Gasteiger partial charge is 0.320 e. The monoisotopic (exact) mass is 425 g/mol. The molecule has 0 aromatic carbocycles. The molecule has 0 saturated heterocycles. The first-order valence-corrected chi connectivity index (χ1v) is 10.6. The summed E-state index contributed by atoms with van der Waals surface area (Å²) in [5.74, 6) is 0.176. The third kappa shape index (κ3) is 6.85. The number of ether oxygens (including phenoxy) is 1. The van der Waals surface area contributed by atoms with Gasteiger partial charge in [-0.1, -0.05) is 12.8 Å². The lowest BCUT2D eigenvalue weighted by Crippen LogP contribution is -2.78. The van der Waals surface area contributed by atoms with Gasteiger partial charge >= 0.3 is 12.0 Å². The lowest BCUT2D eigenvalue weighted by molar-refractivity contribution is -0.587. The molecule has 0 unspecified atom stereocenters. The van der Waals surface area contributed by atoms with Crippen molar-refractivity contribution >= 4 is 40.6 Å². The number of fused-ring (bicyclic) bond motifs is 1. The number of carbonyl (C=O) groups is 2. The molecule has 0 spiro atoms. The summed E-state index contributed by atoms with van der Waals surface area (Å²) in [7, 11) is 0. The Bertz CT molecular complexity index is 969. The van der Waals surface area contributed by atoms with Crippen LogP contribution in [0.15, 0.2) is 30.6 Å². The summed E-state index contributed by atoms with van der Waals surface area (Å²) in [6.45, 7) is 2.50. The lowest BCUT2D eigenvalue weighted by atomic mass is 10.1. The summed E-state index contributed by atoms with van der Waals surface area (Å²) in [5.41, 5.74) is 2.80. The number of hydrogen-bond donors (Lipinski definition) is 4. The van der Waals surface area contributed by atoms with Gasteiger partial charge in [0, 0.05) is 37.4 Å². The molecular formula is C22H29N6O3+. The maximum absolute atomic E-state index is 12.2. The van der Waals surface area contributed by atoms with E-state index in [0.717, 1.165) is 44.2 Å². The second kappa shape index (κ2) is 11.2. The van der Waals surface area contributed by atoms with Gasteiger partial charge in [-0.3, -0.25) is 15.1 Å². The van der Waals surface area contributed by atoms with Gasteiger partial charge in [0.15, 0.2) is 0 Å². The number of amides is 2. The largest absolute Gasteiger partial charge is 0.466 e. The van der Waals surface area contributed by atoms with Crippen molar-refractivity contribution in [3.8, 4) is 0 Å². The van der Waals surface area contributed by atoms with E-state index in [1.807, 2.05) is 23.6 Å². The van der Waals surface area contributed by atoms with Crippen molar-refractivity contribution in [2.75, 3.05) is 18.5 Å². The number of aromatic nitrogens is 2. The maximum atomic E-state index is 12.2. The summed E-state index contributed by atoms with van der Waals surface area (Å²) >= 11 is 0. The normalized spacial score (nSPS) is 14.4. The zero-order chi connectivity index (χ0) is 22.1. The number of nitrogens with one attached hydrogen (secondary N) is 3. The van der Waals surface area contributed by atoms with Crippen LogP contribution in [0, 0.1) is 5.41 Å². The van der Waals surface area contributed by atoms with E-state index in [2.05, 4.69) is 20.6 Å². The van der Waals surface area contributed by atoms with Crippen LogP contribution in [-0.2, 0) is 9.53 Å². The predicted octanol–water partition coefficient (Wildman–Crippen LogP) is 2.20. The van der Waals surface area contributed by atoms with Crippen molar-refractivity contribution < 1.29 is 19.6 Å². The molecule has 2 heterocycles. The van der Waals surface area contributed by atoms with E-state index < -0.39 is 0 Å². The fourth-order valence-electron chi connectivity index (χ4n) is 3.50. The fourth-order valence-corrected chi connectivity index (χ4v) is 3.50. The van der Waals surface area contributed by atoms with Crippen molar-refractivity contribution in [3.63, 3.8) is 0 Å². The molecule has 2 aromatic heterocycles. The van der Waals surface area contributed by atoms with Gasteiger partial charge < -0.3 is 20.8 Å². The molecule has 0 aliphatic heterocycles. The van der Waals surface area contributed by atoms with E-state index in [4.69, 9.17) is 10.1 Å². The highest BCUT2D eigenvalue weighted by molar-refractivity contribution is 6.08. The van der Waals surface area contributed by atoms with E-state index in [-0.39, 0.29) is 18.0 Å². The van der Waals surface area contributed by atoms with Crippen LogP contribution in [0.5, 0.6) is 0 Å². The lowest BCUT2D eigenvalue weighted by Gasteiger charge is -2.12. The maximum Gasteiger partial charge on any atom is 0.320 e. The van der Waals surface area contributed by atoms with Gasteiger partial charge in [-0.2, -0.15) is 0 Å². The molecule has 1 fully saturated rings. The van der Waals surface area contributed by atoms with E-state index in [0.29, 0.717) is 29.0 Å². The summed E-state index contributed by atoms with van der Waals surface area (Å²) in [6, 6.07) is 5.39. The van der Waals surface area contributed by atoms with Gasteiger partial charge in [0.1, 0.15) is 12.0 Å². The Hall–Kier alpha value is -3.33. The Kier molecular flexibility index (Phi) is 8.05. The van der Waals surface area contributed by atoms with E-state index >= 15 is 0 Å². The third-order valence-electron chi connectivity index (χ3n) is 5.08. The second-order valence-electron chi connectivity index (χ2n) is 7.52. The third-order valence-corrected chi connectivity index (χ3v) is 5.08. The Morgan fingerprint density at radius 2 is 2.10 bits per heavy atom. The molecule has 5 N–H and O–H groups in total. The Balaban J connectivity index is 1.63. The van der Waals surface area contributed by atoms with Crippen LogP contribution in [0.2, 0.25) is 0 Å². The Labute approximate surface area is 181 Å². The minimum atomic E-state index is -0.282. The molecule has 9 heteroatoms. The standard InChI is InChI=1S/C22H28N6O3/c1-15(29)31-10-4-9-24-13-17(12-23)16-11-20-19(25-14-16)7-8-21(27-20)28-22(30)26-18-5-2-3-6-18/h7-8,11-14,18,23-24H,2-6,9-10H2,1H3,(H2,26,27,28,30)/p+1/b17-13+,23-12?. The van der Waals surface area contributed by atoms with Crippen LogP contribution in [0.1, 0.15) is 44.6 Å². The average Bonchev–Trinajstić information content (AvgIpc) is 3.25. The minimum absolute atomic E-state index is 0.235. The first kappa shape index (κ1) is 22.4. The Morgan fingerprint density at radius 1 is 1.29 bits per heavy atom. The molecule has 1 saturated carbocycles. The van der Waals surface area contributed by atoms with Crippen LogP contribution in [0.4, 0.5) is 10.6 Å². The van der Waals surface area contributed by atoms with E-state index in [9.17, 15) is 9.59 Å². The number of anilines is 1. The van der Waals surface area contributed by atoms with Gasteiger partial charge in [-0.15, -0.1) is 0 Å². The summed E-state index contributed by atoms with van der Waals surface area (Å²) in [6.07, 6.45) is 9.88. The zero-order valence-electron chi connectivity index (χ0n) is 17.7. The predicted molar refractivity (Wildman–Crippen MR) is 119 cm³/mol. The Morgan fingerprint density at radius 3 is 2.84 bits per heavy atom. The molecule has 1 aliphatic carbocycles. The highest BCUT2D eigenvalue weighted by Crippen LogP contribution is 2.19. The number of allylic oxidation sites excluding steroid dienone is 1. The molecule has 2 amide bonds. The van der Waals surface area contributed by atoms with Crippen molar-refractivity contribution in [2.45, 2.75) is 45.1 Å². The van der Waals surface area contributed by atoms with Gasteiger partial charge in [0.05, 0.1) is 29.8 Å². The number of nitrogens with zero attached hydrogens (tertiary/aromatic N) is 2. The number of quaternary nitrogens is 1. The summed E-state index contributed by atoms with van der Waals surface area (Å²) in [5, 5.41) is 15.4. The van der Waals surface area contributed by atoms with Gasteiger partial charge in [-0.25, -0.2) is 9.78 Å². The van der Waals surface area contributed by atoms with Crippen molar-refractivity contribution in [1.29, 1.82) is 5.41 Å². The number of pyridine rings is 2. The molecule has 164 valence electrons. The van der Waals surface area contributed by atoms with Crippen LogP contribution < -0.4 is 16.0 Å². The van der Waals surface area contributed by atoms with Crippen LogP contribution in [-0.4, -0.2) is 47.4 Å². The minimum Gasteiger partial charge on any atom is -0.466 e. The molecule has 3 rings (SSSR count). The molecule has 9 nitrogen and oxygen atoms in total. The molecule has 2 aromatic rings. The average molecular weight is 426 g/mol. The number of esters is 1. The number of hydrogen-bond acceptors (Lipinski definition) is 6. The first-order chi connectivity index (χ1) is 15.0. The SMILES string of the molecule is CC(=O)OCCC[NH2+]/C=C(\C=N)c1cnc2ccc(NC(=O)NC3CCCC3)nc2c1. The highest BCUT2D eigenvalue weighted by atomic mass is 16.5. The van der Waals surface area contributed by atoms with Gasteiger partial charge in [0.2, 0.25) is 0 Å². The highest BCUT2D eigenvalue weighted by Gasteiger charge is 2.17. The van der Waals surface area contributed by atoms with Crippen LogP contribution >= 0.6 is 0 Å².